The van der Waals surface area contributed by atoms with E-state index < -0.39 is 66.9 Å². The fraction of sp³-hybridized carbons (Fsp3) is 0.316. The van der Waals surface area contributed by atoms with Gasteiger partial charge in [0.1, 0.15) is 37.6 Å². The molecule has 12 aromatic rings. The molecule has 12 aromatic carbocycles. The summed E-state index contributed by atoms with van der Waals surface area (Å²) in [6.07, 6.45) is 14.8. The number of hydrogen-bond donors (Lipinski definition) is 0. The van der Waals surface area contributed by atoms with Crippen molar-refractivity contribution in [1.82, 2.24) is 0 Å². The predicted molar refractivity (Wildman–Crippen MR) is 604 cm³/mol. The number of anilines is 1. The smallest absolute Gasteiger partial charge is 1.00 e. The third-order valence-electron chi connectivity index (χ3n) is 21.7. The molecule has 15 rings (SSSR count). The maximum Gasteiger partial charge on any atom is 1.00 e. The first-order valence-corrected chi connectivity index (χ1v) is 67.6. The van der Waals surface area contributed by atoms with Crippen molar-refractivity contribution in [3.05, 3.63) is 395 Å². The predicted octanol–water partition coefficient (Wildman–Crippen LogP) is 26.8. The van der Waals surface area contributed by atoms with Gasteiger partial charge in [0.25, 0.3) is 0 Å². The van der Waals surface area contributed by atoms with Gasteiger partial charge in [-0.2, -0.15) is 4.58 Å². The summed E-state index contributed by atoms with van der Waals surface area (Å²) in [6, 6.07) is 113. The number of nitrogens with zero attached hydrogens (tertiary/aromatic N) is 3. The van der Waals surface area contributed by atoms with Gasteiger partial charge in [-0.15, -0.1) is 5.41 Å². The Kier molecular flexibility index (Phi) is 54.1. The fourth-order valence-electron chi connectivity index (χ4n) is 17.4. The van der Waals surface area contributed by atoms with Crippen molar-refractivity contribution >= 4 is 148 Å². The molecule has 0 amide bonds. The Morgan fingerprint density at radius 3 is 1.13 bits per heavy atom. The molecule has 1 saturated heterocycles. The minimum Gasteiger partial charge on any atom is -1.00 e. The van der Waals surface area contributed by atoms with Crippen LogP contribution in [-0.4, -0.2) is 66.8 Å². The van der Waals surface area contributed by atoms with E-state index in [1.54, 1.807) is 0 Å². The normalized spacial score (nSPS) is 13.9. The first-order valence-electron chi connectivity index (χ1n) is 46.9. The van der Waals surface area contributed by atoms with Crippen LogP contribution in [0.3, 0.4) is 0 Å². The molecule has 2 aliphatic heterocycles. The molecule has 0 radical (unpaired) electrons. The van der Waals surface area contributed by atoms with Crippen LogP contribution in [0.5, 0.6) is 11.5 Å². The average molecular weight is 2190 g/mol. The number of benzene rings is 12. The molecule has 0 N–H and O–H groups in total. The third kappa shape index (κ3) is 41.0. The molecule has 0 spiro atoms. The van der Waals surface area contributed by atoms with Gasteiger partial charge >= 0.3 is 244 Å². The van der Waals surface area contributed by atoms with Crippen molar-refractivity contribution < 1.29 is 77.6 Å². The van der Waals surface area contributed by atoms with Crippen LogP contribution < -0.4 is 69.8 Å². The fourth-order valence-corrected chi connectivity index (χ4v) is 34.9. The number of para-hydroxylation sites is 4. The van der Waals surface area contributed by atoms with Crippen LogP contribution in [0.2, 0.25) is 39.3 Å². The molecule has 2 heterocycles. The van der Waals surface area contributed by atoms with Gasteiger partial charge in [0.05, 0.1) is 21.9 Å². The minimum atomic E-state index is -3.67. The van der Waals surface area contributed by atoms with Crippen molar-refractivity contribution in [2.24, 2.45) is 10.8 Å². The number of hydrogen-bond acceptors (Lipinski definition) is 3. The first kappa shape index (κ1) is 123. The van der Waals surface area contributed by atoms with Gasteiger partial charge in [0, 0.05) is 53.6 Å². The molecule has 1 aliphatic carbocycles. The Labute approximate surface area is 872 Å². The summed E-state index contributed by atoms with van der Waals surface area (Å²) >= 11 is -3.65. The second-order valence-corrected chi connectivity index (χ2v) is 64.9. The van der Waals surface area contributed by atoms with Gasteiger partial charge in [-0.05, 0) is 150 Å². The molecule has 1 fully saturated rings. The van der Waals surface area contributed by atoms with E-state index in [4.69, 9.17) is 52.9 Å². The van der Waals surface area contributed by atoms with Gasteiger partial charge < -0.3 is 19.0 Å². The maximum atomic E-state index is 9.67. The van der Waals surface area contributed by atoms with Crippen LogP contribution in [0.25, 0.3) is 16.3 Å². The largest absolute Gasteiger partial charge is 1.00 e. The first-order chi connectivity index (χ1) is 63.9. The van der Waals surface area contributed by atoms with Crippen molar-refractivity contribution in [1.29, 1.82) is 0 Å². The van der Waals surface area contributed by atoms with E-state index in [1.807, 2.05) is 112 Å². The average Bonchev–Trinajstić information content (AvgIpc) is 1.57. The van der Waals surface area contributed by atoms with E-state index in [0.717, 1.165) is 46.0 Å². The van der Waals surface area contributed by atoms with Gasteiger partial charge in [-0.25, -0.2) is 6.54 Å². The zero-order valence-electron chi connectivity index (χ0n) is 85.3. The molecule has 21 heteroatoms. The Morgan fingerprint density at radius 2 is 0.812 bits per heavy atom. The summed E-state index contributed by atoms with van der Waals surface area (Å²) in [5.74, 6) is 2.36. The van der Waals surface area contributed by atoms with E-state index >= 15 is 0 Å². The molecule has 5 nitrogen and oxygen atoms in total. The van der Waals surface area contributed by atoms with Crippen molar-refractivity contribution in [3.63, 3.8) is 0 Å². The number of ether oxygens (including phenoxy) is 2. The topological polar surface area (TPSA) is 38.8 Å². The zero-order chi connectivity index (χ0) is 99.3. The Hall–Kier alpha value is -7.03. The second-order valence-electron chi connectivity index (χ2n) is 38.8. The van der Waals surface area contributed by atoms with Gasteiger partial charge in [-0.1, -0.05) is 308 Å². The molecule has 0 aromatic heterocycles. The molecule has 0 saturated carbocycles. The summed E-state index contributed by atoms with van der Waals surface area (Å²) in [7, 11) is 16.4. The monoisotopic (exact) mass is 2180 g/mol. The molecule has 138 heavy (non-hydrogen) atoms. The van der Waals surface area contributed by atoms with Crippen LogP contribution in [0.1, 0.15) is 201 Å². The van der Waals surface area contributed by atoms with E-state index in [9.17, 15) is 12.9 Å². The SMILES string of the molecule is C.C/C=C/c1ccccc1OC(C)C.CC(C)Oc1ccccc1[CH]=[Ru]([Cl])[Cl].CCc1cccc(C(C)C)c1N1[CH-]C(C)(C)CC1(C)C.CCc1cccc(CC)c1[N+]1=CC(C)(C)CC1(C)C.C[Si](C)(C)[N-][Si](C)(C)C.FB(F)F.[Cl][Ru]([Cl])=[C]1C=C(c2ccccc2)c2ccccc21.[F-].[Li+].c1ccc([PH+](c2ccccc2)c2ccccc2)cc1.c1ccc([PH+](c2ccccc2)c2ccccc2)cc1. The van der Waals surface area contributed by atoms with E-state index in [2.05, 4.69) is 418 Å². The Morgan fingerprint density at radius 1 is 0.471 bits per heavy atom. The number of allylic oxidation sites excluding steroid dienone is 2. The molecule has 0 bridgehead atoms. The van der Waals surface area contributed by atoms with E-state index in [0.29, 0.717) is 5.92 Å². The molecule has 0 atom stereocenters. The molecule has 738 valence electrons. The molecule has 0 unspecified atom stereocenters. The van der Waals surface area contributed by atoms with Crippen molar-refractivity contribution in [2.75, 3.05) is 4.90 Å². The van der Waals surface area contributed by atoms with E-state index in [1.165, 1.54) is 101 Å². The third-order valence-corrected chi connectivity index (χ3v) is 37.5. The Bertz CT molecular complexity index is 5400. The zero-order valence-corrected chi connectivity index (χ0v) is 95.8. The van der Waals surface area contributed by atoms with Crippen LogP contribution in [-0.2, 0) is 46.3 Å². The summed E-state index contributed by atoms with van der Waals surface area (Å²) in [5.41, 5.74) is 16.8. The van der Waals surface area contributed by atoms with Crippen LogP contribution in [0, 0.1) is 17.4 Å². The van der Waals surface area contributed by atoms with Gasteiger partial charge in [0.2, 0.25) is 5.69 Å². The molecular weight excluding hydrogens is 2040 g/mol. The number of halogens is 8. The van der Waals surface area contributed by atoms with Crippen LogP contribution in [0.15, 0.2) is 334 Å². The summed E-state index contributed by atoms with van der Waals surface area (Å²) in [4.78, 5) is 2.56. The second kappa shape index (κ2) is 60.5. The molecular formula is C117H150BCl4F4LiN3O2P2Ru2Si2+. The number of rotatable bonds is 21. The molecule has 3 aliphatic rings. The van der Waals surface area contributed by atoms with Gasteiger partial charge in [-0.3, -0.25) is 12.9 Å². The summed E-state index contributed by atoms with van der Waals surface area (Å²) in [5, 5.41) is 8.61. The van der Waals surface area contributed by atoms with Gasteiger partial charge in [0.15, 0.2) is 11.8 Å². The van der Waals surface area contributed by atoms with Crippen molar-refractivity contribution in [3.8, 4) is 11.5 Å². The van der Waals surface area contributed by atoms with Crippen LogP contribution in [0.4, 0.5) is 24.3 Å². The number of aryl methyl sites for hydroxylation is 3. The summed E-state index contributed by atoms with van der Waals surface area (Å²) < 4.78 is 50.6. The van der Waals surface area contributed by atoms with E-state index in [-0.39, 0.29) is 65.1 Å². The minimum absolute atomic E-state index is 0. The number of fused-ring (bicyclic) bond motifs is 1. The summed E-state index contributed by atoms with van der Waals surface area (Å²) in [6.45, 7) is 56.5. The Balaban J connectivity index is 0.000000329. The quantitative estimate of drug-likeness (QED) is 0.0237. The van der Waals surface area contributed by atoms with Crippen LogP contribution >= 0.6 is 54.6 Å². The van der Waals surface area contributed by atoms with Crippen molar-refractivity contribution in [2.45, 2.75) is 233 Å². The maximum absolute atomic E-state index is 9.67. The standard InChI is InChI=1S/C19H30N.C18H28N.2C18H15P.C15H10.C12H16O.C10H12O.C6H18NSi2.CH4.BF3.4ClH.FH.Li.2Ru/c1-8-15-10-9-11-16(14(2)3)17(15)20-13-18(4,5)12-19(20,6)7;1-7-14-10-9-11-15(8-2)16(14)19-13-17(3,4)12-18(19,5)6;2*1-4-10-16(11-5-1)19(17-12-6-2-7-13-17)18-14-8-3-9-15-18;1-2-6-12(7-3-1)15-11-10-13-8-4-5-9-14(13)15;1-4-7-11-8-5-6-9-12(11)13-10(2)3;1-8(2)11-10-7-5-4-6-9(10)3;1-8(2,3)7-9(4,5)6;;2-1(3)4;;;;;;;;/h9-11,13-14H,8,12H2,1-7H3;9-11,13H,7-8,12H2,1-6H3;2*1-15H;1-9,11H;4-10H,1-3H3;3-8H,1-2H3;1-6H3;1H4;;5*1H;;;/q-1;+1;;;;;;-1;;;;;;;;+1;2*+2/p-3/b;;;;;7-4+;;;;;;;;;;;;.